The van der Waals surface area contributed by atoms with Gasteiger partial charge < -0.3 is 10.3 Å². The molecule has 3 rings (SSSR count). The summed E-state index contributed by atoms with van der Waals surface area (Å²) in [7, 11) is 0. The summed E-state index contributed by atoms with van der Waals surface area (Å²) >= 11 is 5.81. The number of aromatic amines is 1. The molecule has 23 heavy (non-hydrogen) atoms. The Morgan fingerprint density at radius 3 is 2.57 bits per heavy atom. The second-order valence-corrected chi connectivity index (χ2v) is 5.57. The molecule has 0 bridgehead atoms. The van der Waals surface area contributed by atoms with Crippen LogP contribution in [-0.4, -0.2) is 22.4 Å². The summed E-state index contributed by atoms with van der Waals surface area (Å²) in [5.41, 5.74) is 2.63. The molecule has 0 radical (unpaired) electrons. The van der Waals surface area contributed by atoms with Gasteiger partial charge in [0.1, 0.15) is 5.82 Å². The highest BCUT2D eigenvalue weighted by Crippen LogP contribution is 2.14. The lowest BCUT2D eigenvalue weighted by molar-refractivity contribution is 0.0954. The van der Waals surface area contributed by atoms with Crippen molar-refractivity contribution < 1.29 is 4.79 Å². The number of H-pyrrole nitrogens is 1. The number of hydrogen-bond donors (Lipinski definition) is 2. The summed E-state index contributed by atoms with van der Waals surface area (Å²) in [6.07, 6.45) is 2.50. The molecule has 2 N–H and O–H groups in total. The van der Waals surface area contributed by atoms with Crippen molar-refractivity contribution in [1.82, 2.24) is 15.3 Å². The molecular formula is C18H16ClN3O. The molecule has 4 nitrogen and oxygen atoms in total. The molecule has 0 aliphatic heterocycles. The van der Waals surface area contributed by atoms with Crippen LogP contribution in [0.25, 0.3) is 11.4 Å². The molecule has 5 heteroatoms. The molecule has 0 fully saturated rings. The summed E-state index contributed by atoms with van der Waals surface area (Å²) < 4.78 is 0. The Bertz CT molecular complexity index is 782. The Labute approximate surface area is 139 Å². The van der Waals surface area contributed by atoms with Gasteiger partial charge in [-0.15, -0.1) is 0 Å². The van der Waals surface area contributed by atoms with Gasteiger partial charge in [0.15, 0.2) is 0 Å². The molecule has 0 unspecified atom stereocenters. The zero-order valence-corrected chi connectivity index (χ0v) is 13.2. The minimum atomic E-state index is -0.107. The first-order valence-electron chi connectivity index (χ1n) is 7.35. The third-order valence-electron chi connectivity index (χ3n) is 3.46. The predicted octanol–water partition coefficient (Wildman–Crippen LogP) is 3.70. The van der Waals surface area contributed by atoms with Gasteiger partial charge >= 0.3 is 0 Å². The second kappa shape index (κ2) is 7.11. The van der Waals surface area contributed by atoms with Crippen LogP contribution in [0, 0.1) is 0 Å². The van der Waals surface area contributed by atoms with Crippen LogP contribution in [0.1, 0.15) is 16.1 Å². The molecule has 0 aliphatic rings. The SMILES string of the molecule is O=C(NCCc1cnc(-c2ccccc2)[nH]1)c1ccc(Cl)cc1. The molecule has 0 spiro atoms. The maximum absolute atomic E-state index is 12.0. The summed E-state index contributed by atoms with van der Waals surface area (Å²) in [5.74, 6) is 0.731. The number of benzene rings is 2. The van der Waals surface area contributed by atoms with Gasteiger partial charge in [-0.05, 0) is 24.3 Å². The van der Waals surface area contributed by atoms with Crippen molar-refractivity contribution in [2.75, 3.05) is 6.54 Å². The van der Waals surface area contributed by atoms with Crippen molar-refractivity contribution in [3.63, 3.8) is 0 Å². The highest BCUT2D eigenvalue weighted by Gasteiger charge is 2.06. The van der Waals surface area contributed by atoms with E-state index in [0.717, 1.165) is 17.1 Å². The first-order valence-corrected chi connectivity index (χ1v) is 7.73. The largest absolute Gasteiger partial charge is 0.352 e. The first-order chi connectivity index (χ1) is 11.2. The average Bonchev–Trinajstić information content (AvgIpc) is 3.05. The summed E-state index contributed by atoms with van der Waals surface area (Å²) in [6.45, 7) is 0.540. The van der Waals surface area contributed by atoms with Crippen LogP contribution in [0.5, 0.6) is 0 Å². The molecule has 116 valence electrons. The van der Waals surface area contributed by atoms with E-state index >= 15 is 0 Å². The normalized spacial score (nSPS) is 10.5. The van der Waals surface area contributed by atoms with Gasteiger partial charge in [0.25, 0.3) is 5.91 Å². The van der Waals surface area contributed by atoms with Crippen molar-refractivity contribution in [2.24, 2.45) is 0 Å². The van der Waals surface area contributed by atoms with E-state index in [1.807, 2.05) is 30.3 Å². The third kappa shape index (κ3) is 3.99. The Kier molecular flexibility index (Phi) is 4.74. The van der Waals surface area contributed by atoms with Gasteiger partial charge in [-0.2, -0.15) is 0 Å². The van der Waals surface area contributed by atoms with Crippen molar-refractivity contribution in [3.8, 4) is 11.4 Å². The Morgan fingerprint density at radius 2 is 1.83 bits per heavy atom. The van der Waals surface area contributed by atoms with Crippen molar-refractivity contribution in [1.29, 1.82) is 0 Å². The molecule has 0 saturated heterocycles. The lowest BCUT2D eigenvalue weighted by Crippen LogP contribution is -2.25. The van der Waals surface area contributed by atoms with Crippen LogP contribution in [0.3, 0.4) is 0 Å². The van der Waals surface area contributed by atoms with E-state index in [4.69, 9.17) is 11.6 Å². The van der Waals surface area contributed by atoms with Crippen molar-refractivity contribution in [3.05, 3.63) is 77.1 Å². The molecular weight excluding hydrogens is 310 g/mol. The van der Waals surface area contributed by atoms with E-state index in [1.54, 1.807) is 30.5 Å². The lowest BCUT2D eigenvalue weighted by atomic mass is 10.2. The monoisotopic (exact) mass is 325 g/mol. The fourth-order valence-corrected chi connectivity index (χ4v) is 2.37. The van der Waals surface area contributed by atoms with Crippen LogP contribution in [0.4, 0.5) is 0 Å². The molecule has 1 amide bonds. The van der Waals surface area contributed by atoms with E-state index < -0.39 is 0 Å². The van der Waals surface area contributed by atoms with Gasteiger partial charge in [-0.3, -0.25) is 4.79 Å². The molecule has 0 saturated carbocycles. The number of nitrogens with zero attached hydrogens (tertiary/aromatic N) is 1. The number of carbonyl (C=O) groups excluding carboxylic acids is 1. The molecule has 1 heterocycles. The van der Waals surface area contributed by atoms with Crippen LogP contribution >= 0.6 is 11.6 Å². The number of nitrogens with one attached hydrogen (secondary N) is 2. The average molecular weight is 326 g/mol. The first kappa shape index (κ1) is 15.3. The molecule has 0 aliphatic carbocycles. The quantitative estimate of drug-likeness (QED) is 0.751. The maximum Gasteiger partial charge on any atom is 0.251 e. The van der Waals surface area contributed by atoms with Crippen molar-refractivity contribution in [2.45, 2.75) is 6.42 Å². The van der Waals surface area contributed by atoms with Gasteiger partial charge in [-0.1, -0.05) is 41.9 Å². The van der Waals surface area contributed by atoms with Gasteiger partial charge in [0.05, 0.1) is 0 Å². The smallest absolute Gasteiger partial charge is 0.251 e. The Balaban J connectivity index is 1.54. The van der Waals surface area contributed by atoms with Crippen LogP contribution in [0.15, 0.2) is 60.8 Å². The highest BCUT2D eigenvalue weighted by atomic mass is 35.5. The van der Waals surface area contributed by atoms with E-state index in [1.165, 1.54) is 0 Å². The molecule has 3 aromatic rings. The fraction of sp³-hybridized carbons (Fsp3) is 0.111. The third-order valence-corrected chi connectivity index (χ3v) is 3.71. The number of aromatic nitrogens is 2. The molecule has 2 aromatic carbocycles. The number of hydrogen-bond acceptors (Lipinski definition) is 2. The summed E-state index contributed by atoms with van der Waals surface area (Å²) in [4.78, 5) is 19.6. The fourth-order valence-electron chi connectivity index (χ4n) is 2.24. The number of imidazole rings is 1. The van der Waals surface area contributed by atoms with E-state index in [9.17, 15) is 4.79 Å². The lowest BCUT2D eigenvalue weighted by Gasteiger charge is -2.04. The Hall–Kier alpha value is -2.59. The molecule has 1 aromatic heterocycles. The number of carbonyl (C=O) groups is 1. The maximum atomic E-state index is 12.0. The molecule has 0 atom stereocenters. The van der Waals surface area contributed by atoms with Crippen molar-refractivity contribution >= 4 is 17.5 Å². The summed E-state index contributed by atoms with van der Waals surface area (Å²) in [6, 6.07) is 16.8. The van der Waals surface area contributed by atoms with E-state index in [-0.39, 0.29) is 5.91 Å². The zero-order chi connectivity index (χ0) is 16.1. The Morgan fingerprint density at radius 1 is 1.09 bits per heavy atom. The van der Waals surface area contributed by atoms with E-state index in [0.29, 0.717) is 23.6 Å². The van der Waals surface area contributed by atoms with Gasteiger partial charge in [-0.25, -0.2) is 4.98 Å². The number of amides is 1. The van der Waals surface area contributed by atoms with Gasteiger partial charge in [0.2, 0.25) is 0 Å². The standard InChI is InChI=1S/C18H16ClN3O/c19-15-8-6-14(7-9-15)18(23)20-11-10-16-12-21-17(22-16)13-4-2-1-3-5-13/h1-9,12H,10-11H2,(H,20,23)(H,21,22). The minimum Gasteiger partial charge on any atom is -0.352 e. The van der Waals surface area contributed by atoms with Crippen LogP contribution in [0.2, 0.25) is 5.02 Å². The van der Waals surface area contributed by atoms with Crippen LogP contribution < -0.4 is 5.32 Å². The second-order valence-electron chi connectivity index (χ2n) is 5.14. The zero-order valence-electron chi connectivity index (χ0n) is 12.4. The topological polar surface area (TPSA) is 57.8 Å². The predicted molar refractivity (Wildman–Crippen MR) is 91.5 cm³/mol. The van der Waals surface area contributed by atoms with Crippen LogP contribution in [-0.2, 0) is 6.42 Å². The minimum absolute atomic E-state index is 0.107. The number of halogens is 1. The highest BCUT2D eigenvalue weighted by molar-refractivity contribution is 6.30. The summed E-state index contributed by atoms with van der Waals surface area (Å²) in [5, 5.41) is 3.50. The number of rotatable bonds is 5. The van der Waals surface area contributed by atoms with Gasteiger partial charge in [0, 0.05) is 41.0 Å². The van der Waals surface area contributed by atoms with E-state index in [2.05, 4.69) is 15.3 Å².